The predicted octanol–water partition coefficient (Wildman–Crippen LogP) is 2.38. The molecule has 0 radical (unpaired) electrons. The zero-order chi connectivity index (χ0) is 18.7. The third-order valence-corrected chi connectivity index (χ3v) is 4.69. The monoisotopic (exact) mass is 479 g/mol. The van der Waals surface area contributed by atoms with E-state index >= 15 is 0 Å². The van der Waals surface area contributed by atoms with E-state index < -0.39 is 0 Å². The number of guanidine groups is 1. The maximum absolute atomic E-state index is 4.83. The van der Waals surface area contributed by atoms with Gasteiger partial charge in [-0.15, -0.1) is 34.2 Å². The SMILES string of the molecule is CCNC(=NCC(C(CC)CC)N(C)C)NCCn1cnnc1CC.I. The van der Waals surface area contributed by atoms with E-state index in [0.717, 1.165) is 44.4 Å². The number of rotatable bonds is 11. The van der Waals surface area contributed by atoms with Crippen molar-refractivity contribution in [2.75, 3.05) is 33.7 Å². The largest absolute Gasteiger partial charge is 0.357 e. The number of halogens is 1. The molecule has 0 bridgehead atoms. The Morgan fingerprint density at radius 2 is 1.88 bits per heavy atom. The molecule has 0 aliphatic heterocycles. The summed E-state index contributed by atoms with van der Waals surface area (Å²) in [6.45, 7) is 12.0. The van der Waals surface area contributed by atoms with E-state index in [2.05, 4.69) is 72.1 Å². The lowest BCUT2D eigenvalue weighted by Gasteiger charge is -2.30. The highest BCUT2D eigenvalue weighted by Crippen LogP contribution is 2.17. The first kappa shape index (κ1) is 25.1. The highest BCUT2D eigenvalue weighted by molar-refractivity contribution is 14.0. The van der Waals surface area contributed by atoms with Crippen LogP contribution in [0.2, 0.25) is 0 Å². The molecule has 0 aromatic carbocycles. The Kier molecular flexibility index (Phi) is 13.7. The number of hydrogen-bond donors (Lipinski definition) is 2. The van der Waals surface area contributed by atoms with Gasteiger partial charge in [0.25, 0.3) is 0 Å². The van der Waals surface area contributed by atoms with Crippen LogP contribution in [-0.2, 0) is 13.0 Å². The summed E-state index contributed by atoms with van der Waals surface area (Å²) in [5.41, 5.74) is 0. The molecule has 8 heteroatoms. The number of aliphatic imine (C=N–C) groups is 1. The van der Waals surface area contributed by atoms with Crippen molar-refractivity contribution in [1.29, 1.82) is 0 Å². The third-order valence-electron chi connectivity index (χ3n) is 4.69. The van der Waals surface area contributed by atoms with Crippen LogP contribution >= 0.6 is 24.0 Å². The maximum Gasteiger partial charge on any atom is 0.191 e. The molecule has 0 aliphatic carbocycles. The van der Waals surface area contributed by atoms with Gasteiger partial charge in [0.1, 0.15) is 12.2 Å². The molecule has 1 rings (SSSR count). The Hall–Kier alpha value is -0.900. The summed E-state index contributed by atoms with van der Waals surface area (Å²) in [5, 5.41) is 14.9. The van der Waals surface area contributed by atoms with Gasteiger partial charge in [-0.05, 0) is 26.9 Å². The lowest BCUT2D eigenvalue weighted by molar-refractivity contribution is 0.206. The maximum atomic E-state index is 4.83. The summed E-state index contributed by atoms with van der Waals surface area (Å²) in [6.07, 6.45) is 5.06. The number of hydrogen-bond acceptors (Lipinski definition) is 4. The first-order chi connectivity index (χ1) is 12.1. The molecule has 1 aromatic heterocycles. The summed E-state index contributed by atoms with van der Waals surface area (Å²) >= 11 is 0. The third kappa shape index (κ3) is 8.20. The Bertz CT molecular complexity index is 497. The normalized spacial score (nSPS) is 13.0. The molecule has 0 fully saturated rings. The molecule has 2 N–H and O–H groups in total. The first-order valence-electron chi connectivity index (χ1n) is 9.62. The van der Waals surface area contributed by atoms with Gasteiger partial charge in [-0.25, -0.2) is 0 Å². The van der Waals surface area contributed by atoms with E-state index in [1.807, 2.05) is 0 Å². The molecule has 0 amide bonds. The van der Waals surface area contributed by atoms with Crippen molar-refractivity contribution in [3.05, 3.63) is 12.2 Å². The molecule has 152 valence electrons. The van der Waals surface area contributed by atoms with Crippen molar-refractivity contribution >= 4 is 29.9 Å². The molecule has 1 unspecified atom stereocenters. The Morgan fingerprint density at radius 1 is 1.19 bits per heavy atom. The van der Waals surface area contributed by atoms with Crippen LogP contribution in [0.3, 0.4) is 0 Å². The van der Waals surface area contributed by atoms with E-state index in [1.165, 1.54) is 12.8 Å². The minimum absolute atomic E-state index is 0. The molecule has 0 saturated carbocycles. The molecule has 1 heterocycles. The molecule has 0 saturated heterocycles. The van der Waals surface area contributed by atoms with Crippen LogP contribution in [0.25, 0.3) is 0 Å². The molecule has 1 aromatic rings. The number of likely N-dealkylation sites (N-methyl/N-ethyl adjacent to an activating group) is 1. The zero-order valence-electron chi connectivity index (χ0n) is 17.3. The van der Waals surface area contributed by atoms with Crippen molar-refractivity contribution in [2.24, 2.45) is 10.9 Å². The predicted molar refractivity (Wildman–Crippen MR) is 120 cm³/mol. The van der Waals surface area contributed by atoms with Gasteiger partial charge in [0.2, 0.25) is 0 Å². The zero-order valence-corrected chi connectivity index (χ0v) is 19.7. The van der Waals surface area contributed by atoms with Crippen molar-refractivity contribution in [1.82, 2.24) is 30.3 Å². The minimum Gasteiger partial charge on any atom is -0.357 e. The second-order valence-corrected chi connectivity index (χ2v) is 6.55. The molecule has 26 heavy (non-hydrogen) atoms. The second kappa shape index (κ2) is 14.2. The van der Waals surface area contributed by atoms with Crippen LogP contribution in [0.4, 0.5) is 0 Å². The number of nitrogens with zero attached hydrogens (tertiary/aromatic N) is 5. The lowest BCUT2D eigenvalue weighted by atomic mass is 9.93. The van der Waals surface area contributed by atoms with Crippen LogP contribution in [0.1, 0.15) is 46.4 Å². The molecule has 0 spiro atoms. The van der Waals surface area contributed by atoms with E-state index in [0.29, 0.717) is 12.0 Å². The second-order valence-electron chi connectivity index (χ2n) is 6.55. The molecular formula is C18H38IN7. The van der Waals surface area contributed by atoms with Crippen LogP contribution in [0, 0.1) is 5.92 Å². The van der Waals surface area contributed by atoms with Gasteiger partial charge in [0.05, 0.1) is 6.54 Å². The minimum atomic E-state index is 0. The van der Waals surface area contributed by atoms with Gasteiger partial charge in [0, 0.05) is 32.1 Å². The standard InChI is InChI=1S/C18H37N7.HI/c1-7-15(8-2)16(24(5)6)13-21-18(19-10-4)20-11-12-25-14-22-23-17(25)9-3;/h14-16H,7-13H2,1-6H3,(H2,19,20,21);1H. The number of aromatic nitrogens is 3. The van der Waals surface area contributed by atoms with E-state index in [9.17, 15) is 0 Å². The van der Waals surface area contributed by atoms with Gasteiger partial charge in [-0.1, -0.05) is 33.6 Å². The number of aryl methyl sites for hydroxylation is 1. The van der Waals surface area contributed by atoms with E-state index in [1.54, 1.807) is 6.33 Å². The Morgan fingerprint density at radius 3 is 2.42 bits per heavy atom. The Labute approximate surface area is 176 Å². The van der Waals surface area contributed by atoms with Gasteiger partial charge in [-0.2, -0.15) is 0 Å². The molecule has 7 nitrogen and oxygen atoms in total. The van der Waals surface area contributed by atoms with Crippen molar-refractivity contribution in [3.63, 3.8) is 0 Å². The van der Waals surface area contributed by atoms with Crippen molar-refractivity contribution in [2.45, 2.75) is 59.5 Å². The average molecular weight is 479 g/mol. The summed E-state index contributed by atoms with van der Waals surface area (Å²) in [6, 6.07) is 0.468. The number of nitrogens with one attached hydrogen (secondary N) is 2. The van der Waals surface area contributed by atoms with Gasteiger partial charge < -0.3 is 20.1 Å². The highest BCUT2D eigenvalue weighted by atomic mass is 127. The fraction of sp³-hybridized carbons (Fsp3) is 0.833. The molecule has 1 atom stereocenters. The fourth-order valence-electron chi connectivity index (χ4n) is 3.13. The topological polar surface area (TPSA) is 70.4 Å². The highest BCUT2D eigenvalue weighted by Gasteiger charge is 2.20. The molecule has 0 aliphatic rings. The van der Waals surface area contributed by atoms with Crippen molar-refractivity contribution < 1.29 is 0 Å². The van der Waals surface area contributed by atoms with Gasteiger partial charge in [-0.3, -0.25) is 4.99 Å². The van der Waals surface area contributed by atoms with Crippen LogP contribution in [0.15, 0.2) is 11.3 Å². The average Bonchev–Trinajstić information content (AvgIpc) is 3.05. The van der Waals surface area contributed by atoms with Crippen molar-refractivity contribution in [3.8, 4) is 0 Å². The lowest BCUT2D eigenvalue weighted by Crippen LogP contribution is -2.42. The van der Waals surface area contributed by atoms with Crippen LogP contribution in [-0.4, -0.2) is 65.4 Å². The quantitative estimate of drug-likeness (QED) is 0.290. The van der Waals surface area contributed by atoms with E-state index in [4.69, 9.17) is 4.99 Å². The Balaban J connectivity index is 0.00000625. The molecular weight excluding hydrogens is 441 g/mol. The summed E-state index contributed by atoms with van der Waals surface area (Å²) < 4.78 is 2.09. The smallest absolute Gasteiger partial charge is 0.191 e. The first-order valence-corrected chi connectivity index (χ1v) is 9.62. The summed E-state index contributed by atoms with van der Waals surface area (Å²) in [4.78, 5) is 7.13. The van der Waals surface area contributed by atoms with Gasteiger partial charge in [0.15, 0.2) is 5.96 Å². The fourth-order valence-corrected chi connectivity index (χ4v) is 3.13. The van der Waals surface area contributed by atoms with E-state index in [-0.39, 0.29) is 24.0 Å². The van der Waals surface area contributed by atoms with Gasteiger partial charge >= 0.3 is 0 Å². The summed E-state index contributed by atoms with van der Waals surface area (Å²) in [5.74, 6) is 2.57. The van der Waals surface area contributed by atoms with Crippen LogP contribution < -0.4 is 10.6 Å². The summed E-state index contributed by atoms with van der Waals surface area (Å²) in [7, 11) is 4.30. The van der Waals surface area contributed by atoms with Crippen LogP contribution in [0.5, 0.6) is 0 Å².